The van der Waals surface area contributed by atoms with Crippen LogP contribution < -0.4 is 15.0 Å². The lowest BCUT2D eigenvalue weighted by atomic mass is 9.92. The smallest absolute Gasteiger partial charge is 0.324 e. The number of piperidine rings is 1. The van der Waals surface area contributed by atoms with Crippen molar-refractivity contribution in [1.29, 1.82) is 0 Å². The number of carbonyl (C=O) groups excluding carboxylic acids is 1. The number of aliphatic hydroxyl groups is 1. The highest BCUT2D eigenvalue weighted by atomic mass is 16.5. The number of benzene rings is 1. The minimum Gasteiger partial charge on any atom is -0.494 e. The van der Waals surface area contributed by atoms with Gasteiger partial charge in [0.15, 0.2) is 5.82 Å². The second-order valence-corrected chi connectivity index (χ2v) is 9.67. The van der Waals surface area contributed by atoms with E-state index in [1.54, 1.807) is 6.07 Å². The number of hydrogen-bond donors (Lipinski definition) is 2. The number of rotatable bonds is 9. The van der Waals surface area contributed by atoms with Crippen LogP contribution in [-0.4, -0.2) is 66.2 Å². The topological polar surface area (TPSA) is 110 Å². The Bertz CT molecular complexity index is 955. The molecular formula is C25H36N4O5. The van der Waals surface area contributed by atoms with Gasteiger partial charge in [0, 0.05) is 24.6 Å². The summed E-state index contributed by atoms with van der Waals surface area (Å²) in [4.78, 5) is 19.2. The summed E-state index contributed by atoms with van der Waals surface area (Å²) in [5, 5.41) is 16.7. The molecular weight excluding hydrogens is 436 g/mol. The normalized spacial score (nSPS) is 21.3. The van der Waals surface area contributed by atoms with Gasteiger partial charge < -0.3 is 29.3 Å². The summed E-state index contributed by atoms with van der Waals surface area (Å²) < 4.78 is 16.6. The van der Waals surface area contributed by atoms with Crippen LogP contribution in [0.2, 0.25) is 0 Å². The van der Waals surface area contributed by atoms with Gasteiger partial charge in [0.1, 0.15) is 5.75 Å². The van der Waals surface area contributed by atoms with Crippen LogP contribution >= 0.6 is 0 Å². The molecule has 4 rings (SSSR count). The van der Waals surface area contributed by atoms with Gasteiger partial charge in [0.2, 0.25) is 0 Å². The fraction of sp³-hybridized carbons (Fsp3) is 0.640. The van der Waals surface area contributed by atoms with Crippen LogP contribution in [0, 0.1) is 12.8 Å². The van der Waals surface area contributed by atoms with Crippen LogP contribution in [0.3, 0.4) is 0 Å². The predicted molar refractivity (Wildman–Crippen MR) is 127 cm³/mol. The van der Waals surface area contributed by atoms with Crippen LogP contribution in [0.5, 0.6) is 5.75 Å². The van der Waals surface area contributed by atoms with Crippen LogP contribution in [0.15, 0.2) is 22.7 Å². The zero-order valence-electron chi connectivity index (χ0n) is 20.3. The van der Waals surface area contributed by atoms with Gasteiger partial charge in [0.25, 0.3) is 5.91 Å². The third kappa shape index (κ3) is 6.07. The van der Waals surface area contributed by atoms with Gasteiger partial charge in [-0.1, -0.05) is 19.0 Å². The average Bonchev–Trinajstić information content (AvgIpc) is 3.47. The highest BCUT2D eigenvalue weighted by Crippen LogP contribution is 2.26. The quantitative estimate of drug-likeness (QED) is 0.536. The summed E-state index contributed by atoms with van der Waals surface area (Å²) >= 11 is 0. The Balaban J connectivity index is 1.16. The molecule has 2 atom stereocenters. The van der Waals surface area contributed by atoms with Crippen molar-refractivity contribution in [3.05, 3.63) is 35.2 Å². The third-order valence-corrected chi connectivity index (χ3v) is 6.67. The average molecular weight is 473 g/mol. The van der Waals surface area contributed by atoms with Crippen LogP contribution in [0.4, 0.5) is 6.01 Å². The molecule has 2 aliphatic rings. The second kappa shape index (κ2) is 11.2. The molecule has 0 radical (unpaired) electrons. The van der Waals surface area contributed by atoms with E-state index in [2.05, 4.69) is 34.2 Å². The first-order valence-electron chi connectivity index (χ1n) is 12.3. The Kier molecular flexibility index (Phi) is 8.05. The molecule has 1 aromatic carbocycles. The first-order chi connectivity index (χ1) is 16.4. The monoisotopic (exact) mass is 472 g/mol. The number of nitrogens with one attached hydrogen (secondary N) is 1. The fourth-order valence-electron chi connectivity index (χ4n) is 4.47. The van der Waals surface area contributed by atoms with Gasteiger partial charge in [-0.15, -0.1) is 0 Å². The largest absolute Gasteiger partial charge is 0.494 e. The molecule has 0 unspecified atom stereocenters. The van der Waals surface area contributed by atoms with E-state index in [-0.39, 0.29) is 24.5 Å². The Morgan fingerprint density at radius 3 is 2.74 bits per heavy atom. The third-order valence-electron chi connectivity index (χ3n) is 6.67. The Morgan fingerprint density at radius 2 is 2.09 bits per heavy atom. The van der Waals surface area contributed by atoms with Gasteiger partial charge >= 0.3 is 6.01 Å². The standard InChI is InChI=1S/C25H36N4O5/c1-16(2)23-27-25(34-28-23)29-10-8-18(9-11-29)5-4-12-33-19-6-7-20(17(3)13-19)24(31)26-21-14-32-15-22(21)30/h6-7,13,16,18,21-22,30H,4-5,8-12,14-15H2,1-3H3,(H,26,31)/t21-,22-/m0/s1. The Hall–Kier alpha value is -2.65. The Labute approximate surface area is 200 Å². The van der Waals surface area contributed by atoms with Crippen molar-refractivity contribution in [2.24, 2.45) is 5.92 Å². The van der Waals surface area contributed by atoms with E-state index in [9.17, 15) is 9.90 Å². The number of aromatic nitrogens is 2. The summed E-state index contributed by atoms with van der Waals surface area (Å²) in [7, 11) is 0. The fourth-order valence-corrected chi connectivity index (χ4v) is 4.47. The minimum atomic E-state index is -0.657. The number of amides is 1. The second-order valence-electron chi connectivity index (χ2n) is 9.67. The summed E-state index contributed by atoms with van der Waals surface area (Å²) in [6, 6.07) is 5.79. The molecule has 2 aliphatic heterocycles. The van der Waals surface area contributed by atoms with Gasteiger partial charge in [-0.3, -0.25) is 4.79 Å². The molecule has 9 nitrogen and oxygen atoms in total. The van der Waals surface area contributed by atoms with Crippen molar-refractivity contribution < 1.29 is 23.9 Å². The molecule has 2 N–H and O–H groups in total. The molecule has 34 heavy (non-hydrogen) atoms. The molecule has 186 valence electrons. The van der Waals surface area contributed by atoms with Crippen molar-refractivity contribution in [3.63, 3.8) is 0 Å². The minimum absolute atomic E-state index is 0.203. The predicted octanol–water partition coefficient (Wildman–Crippen LogP) is 3.07. The van der Waals surface area contributed by atoms with Gasteiger partial charge in [0.05, 0.1) is 32.0 Å². The van der Waals surface area contributed by atoms with E-state index in [0.29, 0.717) is 30.7 Å². The first-order valence-corrected chi connectivity index (χ1v) is 12.3. The number of aliphatic hydroxyl groups excluding tert-OH is 1. The lowest BCUT2D eigenvalue weighted by molar-refractivity contribution is 0.0885. The highest BCUT2D eigenvalue weighted by Gasteiger charge is 2.28. The van der Waals surface area contributed by atoms with E-state index in [4.69, 9.17) is 14.0 Å². The molecule has 0 bridgehead atoms. The number of anilines is 1. The maximum absolute atomic E-state index is 12.5. The summed E-state index contributed by atoms with van der Waals surface area (Å²) in [5.74, 6) is 2.28. The summed E-state index contributed by atoms with van der Waals surface area (Å²) in [6.45, 7) is 9.15. The van der Waals surface area contributed by atoms with Crippen molar-refractivity contribution in [2.75, 3.05) is 37.8 Å². The molecule has 1 aromatic heterocycles. The molecule has 2 fully saturated rings. The molecule has 2 aromatic rings. The number of aryl methyl sites for hydroxylation is 1. The zero-order chi connectivity index (χ0) is 24.1. The maximum atomic E-state index is 12.5. The van der Waals surface area contributed by atoms with Gasteiger partial charge in [-0.2, -0.15) is 4.98 Å². The van der Waals surface area contributed by atoms with Gasteiger partial charge in [-0.05, 0) is 62.3 Å². The Morgan fingerprint density at radius 1 is 1.29 bits per heavy atom. The maximum Gasteiger partial charge on any atom is 0.324 e. The van der Waals surface area contributed by atoms with Crippen LogP contribution in [-0.2, 0) is 4.74 Å². The number of nitrogens with zero attached hydrogens (tertiary/aromatic N) is 3. The SMILES string of the molecule is Cc1cc(OCCCC2CCN(c3nc(C(C)C)no3)CC2)ccc1C(=O)N[C@H]1COC[C@@H]1O. The molecule has 0 saturated carbocycles. The van der Waals surface area contributed by atoms with Crippen molar-refractivity contribution in [2.45, 2.75) is 64.5 Å². The molecule has 0 aliphatic carbocycles. The number of hydrogen-bond acceptors (Lipinski definition) is 8. The zero-order valence-corrected chi connectivity index (χ0v) is 20.3. The van der Waals surface area contributed by atoms with Crippen LogP contribution in [0.25, 0.3) is 0 Å². The van der Waals surface area contributed by atoms with Crippen molar-refractivity contribution in [3.8, 4) is 5.75 Å². The highest BCUT2D eigenvalue weighted by molar-refractivity contribution is 5.96. The molecule has 1 amide bonds. The van der Waals surface area contributed by atoms with E-state index in [0.717, 1.165) is 55.9 Å². The van der Waals surface area contributed by atoms with E-state index < -0.39 is 6.10 Å². The lowest BCUT2D eigenvalue weighted by Gasteiger charge is -2.30. The molecule has 2 saturated heterocycles. The van der Waals surface area contributed by atoms with Crippen LogP contribution in [0.1, 0.15) is 67.2 Å². The van der Waals surface area contributed by atoms with Gasteiger partial charge in [-0.25, -0.2) is 0 Å². The number of ether oxygens (including phenoxy) is 2. The molecule has 0 spiro atoms. The van der Waals surface area contributed by atoms with Crippen molar-refractivity contribution >= 4 is 11.9 Å². The summed E-state index contributed by atoms with van der Waals surface area (Å²) in [5.41, 5.74) is 1.43. The van der Waals surface area contributed by atoms with E-state index in [1.165, 1.54) is 0 Å². The first kappa shape index (κ1) is 24.5. The molecule has 9 heteroatoms. The van der Waals surface area contributed by atoms with Crippen molar-refractivity contribution in [1.82, 2.24) is 15.5 Å². The molecule has 3 heterocycles. The number of carbonyl (C=O) groups is 1. The lowest BCUT2D eigenvalue weighted by Crippen LogP contribution is -2.42. The summed E-state index contributed by atoms with van der Waals surface area (Å²) in [6.07, 6.45) is 3.69. The van der Waals surface area contributed by atoms with E-state index in [1.807, 2.05) is 19.1 Å². The van der Waals surface area contributed by atoms with E-state index >= 15 is 0 Å².